The molecule has 1 N–H and O–H groups in total. The number of nitrogens with one attached hydrogen (secondary N) is 1. The molecule has 0 aliphatic carbocycles. The maximum Gasteiger partial charge on any atom is 0.278 e. The molecule has 0 bridgehead atoms. The van der Waals surface area contributed by atoms with Gasteiger partial charge in [-0.05, 0) is 44.5 Å². The molecule has 3 rings (SSSR count). The molecule has 1 aromatic heterocycles. The van der Waals surface area contributed by atoms with Crippen LogP contribution in [0.4, 0.5) is 14.5 Å². The zero-order valence-corrected chi connectivity index (χ0v) is 14.0. The van der Waals surface area contributed by atoms with Crippen molar-refractivity contribution in [1.82, 2.24) is 15.0 Å². The van der Waals surface area contributed by atoms with Crippen molar-refractivity contribution in [3.05, 3.63) is 70.5 Å². The highest BCUT2D eigenvalue weighted by Crippen LogP contribution is 2.17. The van der Waals surface area contributed by atoms with Crippen molar-refractivity contribution in [2.75, 3.05) is 5.32 Å². The number of anilines is 1. The lowest BCUT2D eigenvalue weighted by Crippen LogP contribution is -2.14. The first-order valence-corrected chi connectivity index (χ1v) is 7.63. The van der Waals surface area contributed by atoms with Gasteiger partial charge >= 0.3 is 0 Å². The number of hydrogen-bond donors (Lipinski definition) is 1. The number of amides is 1. The first kappa shape index (κ1) is 16.8. The molecular formula is C18H16F2N4O. The number of nitrogens with zero attached hydrogens (tertiary/aromatic N) is 3. The van der Waals surface area contributed by atoms with Gasteiger partial charge in [0, 0.05) is 11.8 Å². The summed E-state index contributed by atoms with van der Waals surface area (Å²) in [6.07, 6.45) is 0. The molecule has 0 saturated carbocycles. The highest BCUT2D eigenvalue weighted by atomic mass is 19.2. The fourth-order valence-electron chi connectivity index (χ4n) is 2.49. The van der Waals surface area contributed by atoms with E-state index in [4.69, 9.17) is 0 Å². The Morgan fingerprint density at radius 3 is 2.44 bits per heavy atom. The number of halogens is 2. The molecule has 2 aromatic carbocycles. The molecule has 0 spiro atoms. The second-order valence-electron chi connectivity index (χ2n) is 5.80. The zero-order valence-electron chi connectivity index (χ0n) is 14.0. The molecule has 5 nitrogen and oxygen atoms in total. The van der Waals surface area contributed by atoms with Gasteiger partial charge in [0.15, 0.2) is 17.3 Å². The second-order valence-corrected chi connectivity index (χ2v) is 5.80. The van der Waals surface area contributed by atoms with Crippen LogP contribution in [0, 0.1) is 32.4 Å². The van der Waals surface area contributed by atoms with Gasteiger partial charge in [-0.15, -0.1) is 5.10 Å². The molecule has 3 aromatic rings. The van der Waals surface area contributed by atoms with Gasteiger partial charge in [0.1, 0.15) is 0 Å². The molecule has 7 heteroatoms. The van der Waals surface area contributed by atoms with Crippen LogP contribution in [0.5, 0.6) is 0 Å². The van der Waals surface area contributed by atoms with Crippen LogP contribution in [0.2, 0.25) is 0 Å². The monoisotopic (exact) mass is 342 g/mol. The Morgan fingerprint density at radius 2 is 1.76 bits per heavy atom. The fraction of sp³-hybridized carbons (Fsp3) is 0.167. The van der Waals surface area contributed by atoms with Gasteiger partial charge in [-0.1, -0.05) is 17.7 Å². The summed E-state index contributed by atoms with van der Waals surface area (Å²) in [6.45, 7) is 5.58. The standard InChI is InChI=1S/C18H16F2N4O/c1-10-4-7-16(11(2)8-10)24-22-12(3)17(23-24)18(25)21-13-5-6-14(19)15(20)9-13/h4-9H,1-3H3,(H,21,25). The van der Waals surface area contributed by atoms with E-state index in [9.17, 15) is 13.6 Å². The third kappa shape index (κ3) is 3.40. The van der Waals surface area contributed by atoms with Crippen molar-refractivity contribution in [2.24, 2.45) is 0 Å². The first-order valence-electron chi connectivity index (χ1n) is 7.63. The van der Waals surface area contributed by atoms with E-state index in [1.807, 2.05) is 32.0 Å². The van der Waals surface area contributed by atoms with Crippen LogP contribution in [0.25, 0.3) is 5.69 Å². The Labute approximate surface area is 143 Å². The summed E-state index contributed by atoms with van der Waals surface area (Å²) >= 11 is 0. The summed E-state index contributed by atoms with van der Waals surface area (Å²) in [5.74, 6) is -2.55. The number of carbonyl (C=O) groups excluding carboxylic acids is 1. The minimum absolute atomic E-state index is 0.115. The average Bonchev–Trinajstić information content (AvgIpc) is 2.92. The van der Waals surface area contributed by atoms with Crippen molar-refractivity contribution in [3.63, 3.8) is 0 Å². The first-order chi connectivity index (χ1) is 11.8. The van der Waals surface area contributed by atoms with Crippen LogP contribution < -0.4 is 5.32 Å². The van der Waals surface area contributed by atoms with Gasteiger partial charge in [-0.2, -0.15) is 9.90 Å². The molecule has 0 aliphatic rings. The molecule has 0 saturated heterocycles. The molecule has 0 unspecified atom stereocenters. The van der Waals surface area contributed by atoms with Gasteiger partial charge in [-0.25, -0.2) is 8.78 Å². The normalized spacial score (nSPS) is 10.8. The van der Waals surface area contributed by atoms with E-state index in [-0.39, 0.29) is 11.4 Å². The Bertz CT molecular complexity index is 966. The number of benzene rings is 2. The van der Waals surface area contributed by atoms with Gasteiger partial charge in [0.25, 0.3) is 5.91 Å². The number of rotatable bonds is 3. The summed E-state index contributed by atoms with van der Waals surface area (Å²) in [6, 6.07) is 8.94. The van der Waals surface area contributed by atoms with Crippen LogP contribution >= 0.6 is 0 Å². The summed E-state index contributed by atoms with van der Waals surface area (Å²) < 4.78 is 26.2. The molecule has 0 fully saturated rings. The Morgan fingerprint density at radius 1 is 1.00 bits per heavy atom. The average molecular weight is 342 g/mol. The number of hydrogen-bond acceptors (Lipinski definition) is 3. The van der Waals surface area contributed by atoms with Crippen LogP contribution in [-0.2, 0) is 0 Å². The number of aryl methyl sites for hydroxylation is 3. The van der Waals surface area contributed by atoms with Gasteiger partial charge < -0.3 is 5.32 Å². The molecule has 1 amide bonds. The summed E-state index contributed by atoms with van der Waals surface area (Å²) in [5, 5.41) is 11.0. The van der Waals surface area contributed by atoms with Gasteiger partial charge in [0.05, 0.1) is 11.4 Å². The van der Waals surface area contributed by atoms with Gasteiger partial charge in [0.2, 0.25) is 0 Å². The van der Waals surface area contributed by atoms with Crippen LogP contribution in [0.3, 0.4) is 0 Å². The summed E-state index contributed by atoms with van der Waals surface area (Å²) in [4.78, 5) is 13.8. The van der Waals surface area contributed by atoms with Crippen LogP contribution in [-0.4, -0.2) is 20.9 Å². The smallest absolute Gasteiger partial charge is 0.278 e. The summed E-state index contributed by atoms with van der Waals surface area (Å²) in [7, 11) is 0. The number of aromatic nitrogens is 3. The molecule has 0 aliphatic heterocycles. The molecular weight excluding hydrogens is 326 g/mol. The van der Waals surface area contributed by atoms with Crippen molar-refractivity contribution >= 4 is 11.6 Å². The lowest BCUT2D eigenvalue weighted by Gasteiger charge is -2.05. The lowest BCUT2D eigenvalue weighted by atomic mass is 10.1. The highest BCUT2D eigenvalue weighted by molar-refractivity contribution is 6.03. The van der Waals surface area contributed by atoms with Crippen molar-refractivity contribution < 1.29 is 13.6 Å². The third-order valence-electron chi connectivity index (χ3n) is 3.74. The topological polar surface area (TPSA) is 59.8 Å². The zero-order chi connectivity index (χ0) is 18.1. The third-order valence-corrected chi connectivity index (χ3v) is 3.74. The Balaban J connectivity index is 1.89. The van der Waals surface area contributed by atoms with Crippen LogP contribution in [0.15, 0.2) is 36.4 Å². The molecule has 0 radical (unpaired) electrons. The fourth-order valence-corrected chi connectivity index (χ4v) is 2.49. The SMILES string of the molecule is Cc1ccc(-n2nc(C)c(C(=O)Nc3ccc(F)c(F)c3)n2)c(C)c1. The predicted molar refractivity (Wildman–Crippen MR) is 89.9 cm³/mol. The van der Waals surface area contributed by atoms with E-state index in [2.05, 4.69) is 15.5 Å². The Hall–Kier alpha value is -3.09. The van der Waals surface area contributed by atoms with E-state index < -0.39 is 17.5 Å². The van der Waals surface area contributed by atoms with E-state index in [0.29, 0.717) is 5.69 Å². The van der Waals surface area contributed by atoms with E-state index in [1.54, 1.807) is 6.92 Å². The highest BCUT2D eigenvalue weighted by Gasteiger charge is 2.18. The Kier molecular flexibility index (Phi) is 4.31. The maximum absolute atomic E-state index is 13.3. The summed E-state index contributed by atoms with van der Waals surface area (Å²) in [5.41, 5.74) is 3.54. The predicted octanol–water partition coefficient (Wildman–Crippen LogP) is 3.72. The van der Waals surface area contributed by atoms with E-state index in [1.165, 1.54) is 10.9 Å². The van der Waals surface area contributed by atoms with Crippen molar-refractivity contribution in [2.45, 2.75) is 20.8 Å². The second kappa shape index (κ2) is 6.43. The van der Waals surface area contributed by atoms with Gasteiger partial charge in [-0.3, -0.25) is 4.79 Å². The quantitative estimate of drug-likeness (QED) is 0.789. The van der Waals surface area contributed by atoms with E-state index in [0.717, 1.165) is 28.9 Å². The maximum atomic E-state index is 13.3. The number of carbonyl (C=O) groups is 1. The lowest BCUT2D eigenvalue weighted by molar-refractivity contribution is 0.102. The minimum Gasteiger partial charge on any atom is -0.320 e. The molecule has 0 atom stereocenters. The molecule has 25 heavy (non-hydrogen) atoms. The van der Waals surface area contributed by atoms with Crippen molar-refractivity contribution in [3.8, 4) is 5.69 Å². The van der Waals surface area contributed by atoms with Crippen LogP contribution in [0.1, 0.15) is 27.3 Å². The van der Waals surface area contributed by atoms with Crippen molar-refractivity contribution in [1.29, 1.82) is 0 Å². The minimum atomic E-state index is -1.03. The van der Waals surface area contributed by atoms with E-state index >= 15 is 0 Å². The largest absolute Gasteiger partial charge is 0.320 e. The molecule has 128 valence electrons. The molecule has 1 heterocycles.